The summed E-state index contributed by atoms with van der Waals surface area (Å²) in [4.78, 5) is 0. The smallest absolute Gasteiger partial charge is 0.166 e. The molecule has 0 aliphatic heterocycles. The Hall–Kier alpha value is -0.760. The van der Waals surface area contributed by atoms with Gasteiger partial charge in [-0.2, -0.15) is 13.2 Å². The molecule has 0 bridgehead atoms. The molecule has 0 nitrogen and oxygen atoms in total. The first-order chi connectivity index (χ1) is 9.38. The molecule has 0 saturated carbocycles. The highest BCUT2D eigenvalue weighted by Crippen LogP contribution is 2.48. The van der Waals surface area contributed by atoms with Crippen molar-refractivity contribution in [3.05, 3.63) is 65.2 Å². The van der Waals surface area contributed by atoms with E-state index in [9.17, 15) is 13.2 Å². The lowest BCUT2D eigenvalue weighted by atomic mass is 10.0. The topological polar surface area (TPSA) is 0 Å². The fourth-order valence-electron chi connectivity index (χ4n) is 1.90. The van der Waals surface area contributed by atoms with E-state index in [1.54, 1.807) is 6.07 Å². The molecule has 2 aromatic carbocycles. The van der Waals surface area contributed by atoms with Crippen molar-refractivity contribution in [2.24, 2.45) is 0 Å². The minimum absolute atomic E-state index is 0.0485. The van der Waals surface area contributed by atoms with Crippen molar-refractivity contribution in [1.29, 1.82) is 0 Å². The Balaban J connectivity index is 2.37. The van der Waals surface area contributed by atoms with Crippen LogP contribution in [0.4, 0.5) is 13.2 Å². The molecule has 6 heteroatoms. The first-order valence-corrected chi connectivity index (χ1v) is 8.89. The number of hydrogen-bond acceptors (Lipinski definition) is 0. The van der Waals surface area contributed by atoms with E-state index in [2.05, 4.69) is 0 Å². The van der Waals surface area contributed by atoms with Crippen LogP contribution in [-0.4, -0.2) is 0 Å². The van der Waals surface area contributed by atoms with Gasteiger partial charge in [-0.05, 0) is 23.6 Å². The molecule has 2 aromatic rings. The number of hydrogen-bond donors (Lipinski definition) is 0. The molecule has 0 saturated heterocycles. The highest BCUT2D eigenvalue weighted by atomic mass is 35.9. The zero-order valence-corrected chi connectivity index (χ0v) is 12.6. The van der Waals surface area contributed by atoms with Crippen LogP contribution in [0.3, 0.4) is 0 Å². The van der Waals surface area contributed by atoms with Gasteiger partial charge in [0.05, 0.1) is 5.56 Å². The minimum Gasteiger partial charge on any atom is -0.166 e. The zero-order chi connectivity index (χ0) is 14.8. The average molecular weight is 337 g/mol. The summed E-state index contributed by atoms with van der Waals surface area (Å²) in [5, 5.41) is -0.0485. The minimum atomic E-state index is -4.45. The quantitative estimate of drug-likeness (QED) is 0.629. The van der Waals surface area contributed by atoms with E-state index in [4.69, 9.17) is 22.5 Å². The van der Waals surface area contributed by atoms with Gasteiger partial charge in [0.2, 0.25) is 0 Å². The van der Waals surface area contributed by atoms with Crippen LogP contribution in [0.2, 0.25) is 0 Å². The van der Waals surface area contributed by atoms with Gasteiger partial charge < -0.3 is 0 Å². The van der Waals surface area contributed by atoms with Crippen molar-refractivity contribution in [1.82, 2.24) is 0 Å². The molecule has 0 aromatic heterocycles. The molecule has 106 valence electrons. The second-order valence-corrected chi connectivity index (χ2v) is 7.74. The maximum absolute atomic E-state index is 13.0. The molecule has 0 spiro atoms. The molecule has 0 atom stereocenters. The monoisotopic (exact) mass is 336 g/mol. The lowest BCUT2D eigenvalue weighted by molar-refractivity contribution is -0.136. The second-order valence-electron chi connectivity index (χ2n) is 4.24. The molecule has 0 fully saturated rings. The average Bonchev–Trinajstić information content (AvgIpc) is 2.38. The van der Waals surface area contributed by atoms with E-state index in [0.717, 1.165) is 11.6 Å². The summed E-state index contributed by atoms with van der Waals surface area (Å²) in [5.41, 5.74) is 0.784. The number of benzene rings is 2. The summed E-state index contributed by atoms with van der Waals surface area (Å²) in [6.07, 6.45) is -4.01. The molecule has 0 unspecified atom stereocenters. The normalized spacial score (nSPS) is 11.9. The van der Waals surface area contributed by atoms with Gasteiger partial charge in [0, 0.05) is 5.30 Å². The third kappa shape index (κ3) is 3.88. The molecular weight excluding hydrogens is 327 g/mol. The summed E-state index contributed by atoms with van der Waals surface area (Å²) in [6, 6.07) is 13.4. The van der Waals surface area contributed by atoms with Crippen LogP contribution in [0.25, 0.3) is 0 Å². The van der Waals surface area contributed by atoms with E-state index in [0.29, 0.717) is 12.0 Å². The molecule has 0 amide bonds. The van der Waals surface area contributed by atoms with E-state index >= 15 is 0 Å². The largest absolute Gasteiger partial charge is 0.417 e. The summed E-state index contributed by atoms with van der Waals surface area (Å²) < 4.78 is 39.1. The Morgan fingerprint density at radius 2 is 1.55 bits per heavy atom. The summed E-state index contributed by atoms with van der Waals surface area (Å²) >= 11 is 11.3. The van der Waals surface area contributed by atoms with Crippen molar-refractivity contribution in [2.75, 3.05) is 0 Å². The van der Waals surface area contributed by atoms with E-state index in [1.807, 2.05) is 30.3 Å². The van der Waals surface area contributed by atoms with Crippen molar-refractivity contribution in [3.63, 3.8) is 0 Å². The summed E-state index contributed by atoms with van der Waals surface area (Å²) in [7, 11) is 0. The van der Waals surface area contributed by atoms with E-state index in [-0.39, 0.29) is 5.30 Å². The lowest BCUT2D eigenvalue weighted by Gasteiger charge is -2.15. The fourth-order valence-corrected chi connectivity index (χ4v) is 3.34. The molecule has 0 aliphatic carbocycles. The number of alkyl halides is 3. The summed E-state index contributed by atoms with van der Waals surface area (Å²) in [5.74, 6) is 0. The summed E-state index contributed by atoms with van der Waals surface area (Å²) in [6.45, 7) is -1.83. The first kappa shape index (κ1) is 15.6. The number of rotatable bonds is 3. The molecular formula is C14H10Cl2F3P. The van der Waals surface area contributed by atoms with Crippen LogP contribution in [0, 0.1) is 0 Å². The predicted octanol–water partition coefficient (Wildman–Crippen LogP) is 5.71. The van der Waals surface area contributed by atoms with Crippen molar-refractivity contribution in [2.45, 2.75) is 12.6 Å². The standard InChI is InChI=1S/C14H10Cl2F3P/c15-20(16)13-7-6-11(9-12(13)14(17,18)19)8-10-4-2-1-3-5-10/h1-7,9H,8H2. The van der Waals surface area contributed by atoms with Crippen LogP contribution >= 0.6 is 29.1 Å². The molecule has 2 rings (SSSR count). The third-order valence-corrected chi connectivity index (χ3v) is 4.65. The Kier molecular flexibility index (Phi) is 4.95. The molecule has 0 N–H and O–H groups in total. The molecule has 0 aliphatic rings. The first-order valence-electron chi connectivity index (χ1n) is 5.73. The molecule has 0 radical (unpaired) electrons. The van der Waals surface area contributed by atoms with Crippen LogP contribution in [0.5, 0.6) is 0 Å². The van der Waals surface area contributed by atoms with Gasteiger partial charge in [-0.3, -0.25) is 0 Å². The zero-order valence-electron chi connectivity index (χ0n) is 10.2. The van der Waals surface area contributed by atoms with Gasteiger partial charge >= 0.3 is 6.18 Å². The second kappa shape index (κ2) is 6.34. The van der Waals surface area contributed by atoms with Gasteiger partial charge in [0.25, 0.3) is 0 Å². The lowest BCUT2D eigenvalue weighted by Crippen LogP contribution is -2.17. The van der Waals surface area contributed by atoms with Gasteiger partial charge in [-0.1, -0.05) is 64.9 Å². The third-order valence-electron chi connectivity index (χ3n) is 2.80. The van der Waals surface area contributed by atoms with E-state index < -0.39 is 18.4 Å². The Labute approximate surface area is 125 Å². The highest BCUT2D eigenvalue weighted by molar-refractivity contribution is 8.08. The number of halogens is 5. The van der Waals surface area contributed by atoms with Crippen LogP contribution in [0.15, 0.2) is 48.5 Å². The van der Waals surface area contributed by atoms with E-state index in [1.165, 1.54) is 6.07 Å². The predicted molar refractivity (Wildman–Crippen MR) is 79.0 cm³/mol. The van der Waals surface area contributed by atoms with Crippen molar-refractivity contribution >= 4 is 34.4 Å². The molecule has 20 heavy (non-hydrogen) atoms. The highest BCUT2D eigenvalue weighted by Gasteiger charge is 2.35. The SMILES string of the molecule is FC(F)(F)c1cc(Cc2ccccc2)ccc1P(Cl)Cl. The van der Waals surface area contributed by atoms with Crippen molar-refractivity contribution in [3.8, 4) is 0 Å². The Morgan fingerprint density at radius 1 is 0.900 bits per heavy atom. The Bertz CT molecular complexity index is 583. The van der Waals surface area contributed by atoms with Gasteiger partial charge in [0.1, 0.15) is 6.63 Å². The van der Waals surface area contributed by atoms with Gasteiger partial charge in [-0.15, -0.1) is 0 Å². The maximum atomic E-state index is 13.0. The van der Waals surface area contributed by atoms with Crippen molar-refractivity contribution < 1.29 is 13.2 Å². The van der Waals surface area contributed by atoms with Crippen LogP contribution in [0.1, 0.15) is 16.7 Å². The van der Waals surface area contributed by atoms with Gasteiger partial charge in [-0.25, -0.2) is 0 Å². The molecule has 0 heterocycles. The van der Waals surface area contributed by atoms with Gasteiger partial charge in [0.15, 0.2) is 0 Å². The van der Waals surface area contributed by atoms with Crippen LogP contribution in [-0.2, 0) is 12.6 Å². The maximum Gasteiger partial charge on any atom is 0.417 e. The van der Waals surface area contributed by atoms with Crippen LogP contribution < -0.4 is 5.30 Å². The fraction of sp³-hybridized carbons (Fsp3) is 0.143. The Morgan fingerprint density at radius 3 is 2.10 bits per heavy atom.